The monoisotopic (exact) mass is 404 g/mol. The molecule has 0 aromatic carbocycles. The number of rotatable bonds is 8. The quantitative estimate of drug-likeness (QED) is 0.398. The molecule has 28 heavy (non-hydrogen) atoms. The molecule has 8 heteroatoms. The molecule has 0 aliphatic carbocycles. The van der Waals surface area contributed by atoms with Crippen molar-refractivity contribution >= 4 is 0 Å². The average molecular weight is 405 g/mol. The fraction of sp³-hybridized carbons (Fsp3) is 1.00. The maximum Gasteiger partial charge on any atom is 0.0558 e. The molecule has 2 rings (SSSR count). The topological polar surface area (TPSA) is 93.9 Å². The van der Waals surface area contributed by atoms with E-state index in [4.69, 9.17) is 20.4 Å². The van der Waals surface area contributed by atoms with E-state index in [9.17, 15) is 0 Å². The SMILES string of the molecule is CC1CN(CCO)C(C)CN1CCO.CC1CN(CCO)C(C)CN1CCO. The molecule has 8 nitrogen and oxygen atoms in total. The summed E-state index contributed by atoms with van der Waals surface area (Å²) in [7, 11) is 0. The Bertz CT molecular complexity index is 332. The van der Waals surface area contributed by atoms with E-state index in [0.717, 1.165) is 52.4 Å². The zero-order valence-corrected chi connectivity index (χ0v) is 18.4. The zero-order valence-electron chi connectivity index (χ0n) is 18.4. The highest BCUT2D eigenvalue weighted by Gasteiger charge is 2.28. The predicted octanol–water partition coefficient (Wildman–Crippen LogP) is -1.27. The molecule has 2 fully saturated rings. The molecule has 2 aliphatic rings. The van der Waals surface area contributed by atoms with E-state index >= 15 is 0 Å². The van der Waals surface area contributed by atoms with Crippen molar-refractivity contribution in [3.05, 3.63) is 0 Å². The Hall–Kier alpha value is -0.320. The fourth-order valence-electron chi connectivity index (χ4n) is 4.30. The van der Waals surface area contributed by atoms with Crippen LogP contribution in [0.3, 0.4) is 0 Å². The molecular formula is C20H44N4O4. The number of aliphatic hydroxyl groups excluding tert-OH is 4. The largest absolute Gasteiger partial charge is 0.395 e. The first-order valence-corrected chi connectivity index (χ1v) is 10.8. The molecule has 4 atom stereocenters. The van der Waals surface area contributed by atoms with Gasteiger partial charge in [0.1, 0.15) is 0 Å². The lowest BCUT2D eigenvalue weighted by Crippen LogP contribution is -2.57. The average Bonchev–Trinajstić information content (AvgIpc) is 2.65. The molecule has 0 amide bonds. The molecule has 168 valence electrons. The summed E-state index contributed by atoms with van der Waals surface area (Å²) in [6, 6.07) is 1.91. The summed E-state index contributed by atoms with van der Waals surface area (Å²) >= 11 is 0. The van der Waals surface area contributed by atoms with Crippen LogP contribution in [0.4, 0.5) is 0 Å². The molecule has 2 saturated heterocycles. The Morgan fingerprint density at radius 3 is 0.786 bits per heavy atom. The minimum Gasteiger partial charge on any atom is -0.395 e. The van der Waals surface area contributed by atoms with E-state index in [1.807, 2.05) is 0 Å². The summed E-state index contributed by atoms with van der Waals surface area (Å²) < 4.78 is 0. The van der Waals surface area contributed by atoms with Gasteiger partial charge in [0.05, 0.1) is 26.4 Å². The Morgan fingerprint density at radius 1 is 0.464 bits per heavy atom. The van der Waals surface area contributed by atoms with E-state index in [1.54, 1.807) is 0 Å². The fourth-order valence-corrected chi connectivity index (χ4v) is 4.30. The van der Waals surface area contributed by atoms with Crippen molar-refractivity contribution in [3.8, 4) is 0 Å². The van der Waals surface area contributed by atoms with E-state index in [-0.39, 0.29) is 26.4 Å². The van der Waals surface area contributed by atoms with Crippen LogP contribution in [0.1, 0.15) is 27.7 Å². The highest BCUT2D eigenvalue weighted by Crippen LogP contribution is 2.14. The summed E-state index contributed by atoms with van der Waals surface area (Å²) in [4.78, 5) is 9.22. The number of nitrogens with zero attached hydrogens (tertiary/aromatic N) is 4. The van der Waals surface area contributed by atoms with Gasteiger partial charge in [0.2, 0.25) is 0 Å². The first-order valence-electron chi connectivity index (χ1n) is 10.8. The minimum atomic E-state index is 0.233. The number of piperazine rings is 2. The van der Waals surface area contributed by atoms with Gasteiger partial charge in [-0.05, 0) is 27.7 Å². The highest BCUT2D eigenvalue weighted by atomic mass is 16.3. The van der Waals surface area contributed by atoms with E-state index in [2.05, 4.69) is 47.3 Å². The van der Waals surface area contributed by atoms with Gasteiger partial charge in [0, 0.05) is 76.5 Å². The van der Waals surface area contributed by atoms with Crippen molar-refractivity contribution in [1.29, 1.82) is 0 Å². The van der Waals surface area contributed by atoms with Crippen LogP contribution in [-0.2, 0) is 0 Å². The standard InChI is InChI=1S/2C10H22N2O2/c2*1-9-7-12(4-6-14)10(2)8-11(9)3-5-13/h2*9-10,13-14H,3-8H2,1-2H3. The second-order valence-corrected chi connectivity index (χ2v) is 8.27. The third-order valence-electron chi connectivity index (χ3n) is 6.04. The molecule has 2 heterocycles. The van der Waals surface area contributed by atoms with E-state index < -0.39 is 0 Å². The maximum absolute atomic E-state index is 8.90. The van der Waals surface area contributed by atoms with Crippen LogP contribution in [0.2, 0.25) is 0 Å². The van der Waals surface area contributed by atoms with Crippen molar-refractivity contribution in [2.45, 2.75) is 51.9 Å². The molecule has 4 unspecified atom stereocenters. The Morgan fingerprint density at radius 2 is 0.643 bits per heavy atom. The molecule has 0 aromatic rings. The summed E-state index contributed by atoms with van der Waals surface area (Å²) in [5, 5.41) is 35.6. The highest BCUT2D eigenvalue weighted by molar-refractivity contribution is 4.85. The second kappa shape index (κ2) is 13.8. The van der Waals surface area contributed by atoms with Gasteiger partial charge in [-0.2, -0.15) is 0 Å². The summed E-state index contributed by atoms with van der Waals surface area (Å²) in [6.45, 7) is 16.6. The number of hydrogen-bond acceptors (Lipinski definition) is 8. The van der Waals surface area contributed by atoms with Crippen LogP contribution in [0.15, 0.2) is 0 Å². The van der Waals surface area contributed by atoms with Gasteiger partial charge in [0.25, 0.3) is 0 Å². The lowest BCUT2D eigenvalue weighted by molar-refractivity contribution is 0.0242. The third-order valence-corrected chi connectivity index (χ3v) is 6.04. The lowest BCUT2D eigenvalue weighted by atomic mass is 10.1. The zero-order chi connectivity index (χ0) is 21.1. The smallest absolute Gasteiger partial charge is 0.0558 e. The van der Waals surface area contributed by atoms with Crippen LogP contribution in [0.5, 0.6) is 0 Å². The normalized spacial score (nSPS) is 30.9. The molecule has 2 aliphatic heterocycles. The van der Waals surface area contributed by atoms with Crippen LogP contribution in [0.25, 0.3) is 0 Å². The Kier molecular flexibility index (Phi) is 12.7. The molecule has 0 spiro atoms. The van der Waals surface area contributed by atoms with Crippen LogP contribution in [-0.4, -0.2) is 143 Å². The van der Waals surface area contributed by atoms with Gasteiger partial charge >= 0.3 is 0 Å². The van der Waals surface area contributed by atoms with Crippen LogP contribution < -0.4 is 0 Å². The van der Waals surface area contributed by atoms with E-state index in [0.29, 0.717) is 24.2 Å². The van der Waals surface area contributed by atoms with Crippen molar-refractivity contribution in [2.75, 3.05) is 78.8 Å². The first-order chi connectivity index (χ1) is 13.4. The molecule has 0 saturated carbocycles. The molecule has 0 radical (unpaired) electrons. The molecular weight excluding hydrogens is 360 g/mol. The first kappa shape index (κ1) is 25.7. The third kappa shape index (κ3) is 8.20. The molecule has 0 aromatic heterocycles. The number of aliphatic hydroxyl groups is 4. The van der Waals surface area contributed by atoms with Gasteiger partial charge in [-0.25, -0.2) is 0 Å². The van der Waals surface area contributed by atoms with Gasteiger partial charge in [-0.1, -0.05) is 0 Å². The van der Waals surface area contributed by atoms with Gasteiger partial charge in [-0.3, -0.25) is 19.6 Å². The minimum absolute atomic E-state index is 0.233. The summed E-state index contributed by atoms with van der Waals surface area (Å²) in [6.07, 6.45) is 0. The summed E-state index contributed by atoms with van der Waals surface area (Å²) in [5.74, 6) is 0. The van der Waals surface area contributed by atoms with Crippen LogP contribution >= 0.6 is 0 Å². The van der Waals surface area contributed by atoms with Crippen molar-refractivity contribution in [3.63, 3.8) is 0 Å². The Balaban J connectivity index is 0.000000280. The lowest BCUT2D eigenvalue weighted by Gasteiger charge is -2.43. The van der Waals surface area contributed by atoms with Gasteiger partial charge in [0.15, 0.2) is 0 Å². The van der Waals surface area contributed by atoms with Crippen molar-refractivity contribution < 1.29 is 20.4 Å². The van der Waals surface area contributed by atoms with Crippen LogP contribution in [0, 0.1) is 0 Å². The van der Waals surface area contributed by atoms with Crippen molar-refractivity contribution in [1.82, 2.24) is 19.6 Å². The van der Waals surface area contributed by atoms with Gasteiger partial charge in [-0.15, -0.1) is 0 Å². The molecule has 4 N–H and O–H groups in total. The second-order valence-electron chi connectivity index (χ2n) is 8.27. The maximum atomic E-state index is 8.90. The molecule has 0 bridgehead atoms. The summed E-state index contributed by atoms with van der Waals surface area (Å²) in [5.41, 5.74) is 0. The Labute approximate surface area is 171 Å². The predicted molar refractivity (Wildman–Crippen MR) is 112 cm³/mol. The van der Waals surface area contributed by atoms with E-state index in [1.165, 1.54) is 0 Å². The van der Waals surface area contributed by atoms with Gasteiger partial charge < -0.3 is 20.4 Å². The number of hydrogen-bond donors (Lipinski definition) is 4. The number of β-amino-alcohol motifs (C(OH)–C–C–N with tert-alkyl or cyclic N) is 4. The van der Waals surface area contributed by atoms with Crippen molar-refractivity contribution in [2.24, 2.45) is 0 Å².